The van der Waals surface area contributed by atoms with Crippen LogP contribution in [0.15, 0.2) is 101 Å². The summed E-state index contributed by atoms with van der Waals surface area (Å²) in [7, 11) is 4.26. The second-order valence-electron chi connectivity index (χ2n) is 9.81. The minimum atomic E-state index is -0.223. The summed E-state index contributed by atoms with van der Waals surface area (Å²) in [5, 5.41) is 12.8. The number of benzene rings is 4. The Balaban J connectivity index is 0.000000434. The van der Waals surface area contributed by atoms with E-state index in [1.807, 2.05) is 60.2 Å². The summed E-state index contributed by atoms with van der Waals surface area (Å²) in [6, 6.07) is 25.5. The van der Waals surface area contributed by atoms with Gasteiger partial charge in [0.15, 0.2) is 5.78 Å². The summed E-state index contributed by atoms with van der Waals surface area (Å²) in [4.78, 5) is 10.0. The molecule has 2 aromatic heterocycles. The van der Waals surface area contributed by atoms with E-state index in [2.05, 4.69) is 38.2 Å². The first-order valence-electron chi connectivity index (χ1n) is 12.8. The van der Waals surface area contributed by atoms with Gasteiger partial charge < -0.3 is 14.1 Å². The topological polar surface area (TPSA) is 54.3 Å². The molecule has 2 heterocycles. The van der Waals surface area contributed by atoms with Gasteiger partial charge in [-0.3, -0.25) is 4.79 Å². The molecule has 41 heavy (non-hydrogen) atoms. The van der Waals surface area contributed by atoms with Crippen molar-refractivity contribution in [3.8, 4) is 22.4 Å². The number of hydrogen-bond acceptors (Lipinski definition) is 3. The Morgan fingerprint density at radius 3 is 2.22 bits per heavy atom. The molecule has 4 nitrogen and oxygen atoms in total. The van der Waals surface area contributed by atoms with Crippen molar-refractivity contribution in [2.75, 3.05) is 0 Å². The maximum absolute atomic E-state index is 14.5. The molecule has 0 fully saturated rings. The Morgan fingerprint density at radius 2 is 1.56 bits per heavy atom. The molecule has 0 amide bonds. The molecule has 209 valence electrons. The van der Waals surface area contributed by atoms with Crippen LogP contribution in [0.1, 0.15) is 25.2 Å². The van der Waals surface area contributed by atoms with E-state index >= 15 is 0 Å². The van der Waals surface area contributed by atoms with Crippen molar-refractivity contribution in [1.82, 2.24) is 0 Å². The number of aliphatic hydroxyl groups excluding tert-OH is 1. The van der Waals surface area contributed by atoms with Crippen LogP contribution in [0.5, 0.6) is 0 Å². The van der Waals surface area contributed by atoms with Crippen LogP contribution in [0.25, 0.3) is 54.9 Å². The molecule has 0 aliphatic heterocycles. The zero-order valence-electron chi connectivity index (χ0n) is 23.0. The van der Waals surface area contributed by atoms with E-state index in [4.69, 9.17) is 9.52 Å². The molecule has 1 N–H and O–H groups in total. The number of furan rings is 1. The number of hydrogen-bond donors (Lipinski definition) is 1. The van der Waals surface area contributed by atoms with E-state index in [-0.39, 0.29) is 37.5 Å². The van der Waals surface area contributed by atoms with Crippen LogP contribution >= 0.6 is 0 Å². The zero-order valence-corrected chi connectivity index (χ0v) is 25.4. The van der Waals surface area contributed by atoms with Crippen molar-refractivity contribution >= 4 is 38.3 Å². The van der Waals surface area contributed by atoms with E-state index in [0.29, 0.717) is 5.39 Å². The molecule has 0 unspecified atom stereocenters. The van der Waals surface area contributed by atoms with Gasteiger partial charge in [0, 0.05) is 44.2 Å². The maximum Gasteiger partial charge on any atom is 0.155 e. The fourth-order valence-electron chi connectivity index (χ4n) is 5.15. The van der Waals surface area contributed by atoms with Crippen LogP contribution in [-0.4, -0.2) is 10.9 Å². The molecular formula is C35H29FIrNO3-. The Labute approximate surface area is 252 Å². The van der Waals surface area contributed by atoms with Crippen LogP contribution in [-0.2, 0) is 24.9 Å². The second kappa shape index (κ2) is 12.0. The Bertz CT molecular complexity index is 1940. The van der Waals surface area contributed by atoms with Gasteiger partial charge in [0.05, 0.1) is 23.4 Å². The number of fused-ring (bicyclic) bond motifs is 4. The first-order valence-corrected chi connectivity index (χ1v) is 12.8. The molecule has 0 saturated heterocycles. The molecular weight excluding hydrogens is 694 g/mol. The maximum atomic E-state index is 14.5. The average Bonchev–Trinajstić information content (AvgIpc) is 3.31. The quantitative estimate of drug-likeness (QED) is 0.0655. The summed E-state index contributed by atoms with van der Waals surface area (Å²) < 4.78 is 22.4. The molecule has 0 aliphatic rings. The van der Waals surface area contributed by atoms with Crippen molar-refractivity contribution in [2.24, 2.45) is 0 Å². The number of carbonyl (C=O) groups is 1. The molecule has 0 bridgehead atoms. The van der Waals surface area contributed by atoms with Crippen LogP contribution in [0, 0.1) is 26.7 Å². The number of aromatic nitrogens is 1. The molecule has 4 aromatic carbocycles. The molecule has 0 atom stereocenters. The summed E-state index contributed by atoms with van der Waals surface area (Å²) in [5.41, 5.74) is 5.61. The second-order valence-corrected chi connectivity index (χ2v) is 9.81. The van der Waals surface area contributed by atoms with E-state index in [1.54, 1.807) is 6.07 Å². The predicted molar refractivity (Wildman–Crippen MR) is 159 cm³/mol. The largest absolute Gasteiger partial charge is 0.520 e. The van der Waals surface area contributed by atoms with Gasteiger partial charge in [-0.1, -0.05) is 54.6 Å². The summed E-state index contributed by atoms with van der Waals surface area (Å²) in [5.74, 6) is 0.553. The summed E-state index contributed by atoms with van der Waals surface area (Å²) in [6.07, 6.45) is 3.08. The predicted octanol–water partition coefficient (Wildman–Crippen LogP) is 8.66. The van der Waals surface area contributed by atoms with Crippen LogP contribution in [0.2, 0.25) is 0 Å². The van der Waals surface area contributed by atoms with Crippen LogP contribution < -0.4 is 4.57 Å². The zero-order chi connectivity index (χ0) is 28.6. The first-order chi connectivity index (χ1) is 19.2. The summed E-state index contributed by atoms with van der Waals surface area (Å²) >= 11 is 0. The van der Waals surface area contributed by atoms with Gasteiger partial charge in [-0.2, -0.15) is 12.5 Å². The number of allylic oxidation sites excluding steroid dienone is 2. The van der Waals surface area contributed by atoms with Crippen molar-refractivity contribution < 1.29 is 43.4 Å². The van der Waals surface area contributed by atoms with Gasteiger partial charge >= 0.3 is 0 Å². The molecule has 0 saturated carbocycles. The van der Waals surface area contributed by atoms with E-state index in [1.165, 1.54) is 26.0 Å². The number of carbonyl (C=O) groups excluding carboxylic acids is 1. The number of halogens is 1. The fourth-order valence-corrected chi connectivity index (χ4v) is 5.15. The normalized spacial score (nSPS) is 11.3. The number of pyridine rings is 1. The van der Waals surface area contributed by atoms with E-state index < -0.39 is 0 Å². The molecule has 6 rings (SSSR count). The van der Waals surface area contributed by atoms with Crippen LogP contribution in [0.4, 0.5) is 4.39 Å². The average molecular weight is 723 g/mol. The Morgan fingerprint density at radius 1 is 0.878 bits per heavy atom. The van der Waals surface area contributed by atoms with Gasteiger partial charge in [-0.05, 0) is 71.6 Å². The van der Waals surface area contributed by atoms with Crippen LogP contribution in [0.3, 0.4) is 0 Å². The molecule has 6 aromatic rings. The van der Waals surface area contributed by atoms with Gasteiger partial charge in [0.2, 0.25) is 0 Å². The number of ketones is 1. The van der Waals surface area contributed by atoms with Crippen molar-refractivity contribution in [2.45, 2.75) is 20.8 Å². The Hall–Kier alpha value is -4.38. The van der Waals surface area contributed by atoms with E-state index in [0.717, 1.165) is 60.8 Å². The smallest absolute Gasteiger partial charge is 0.155 e. The molecule has 0 aliphatic carbocycles. The summed E-state index contributed by atoms with van der Waals surface area (Å²) in [6.45, 7) is 9.20. The van der Waals surface area contributed by atoms with E-state index in [9.17, 15) is 9.18 Å². The van der Waals surface area contributed by atoms with Crippen molar-refractivity contribution in [3.63, 3.8) is 0 Å². The van der Waals surface area contributed by atoms with Gasteiger partial charge in [0.25, 0.3) is 0 Å². The molecule has 1 radical (unpaired) electrons. The minimum absolute atomic E-state index is 0. The van der Waals surface area contributed by atoms with Crippen molar-refractivity contribution in [1.29, 1.82) is 0 Å². The van der Waals surface area contributed by atoms with Gasteiger partial charge in [-0.15, -0.1) is 11.6 Å². The number of aliphatic hydroxyl groups is 1. The van der Waals surface area contributed by atoms with Gasteiger partial charge in [-0.25, -0.2) is 4.39 Å². The molecule has 6 heteroatoms. The number of aryl methyl sites for hydroxylation is 1. The number of rotatable bonds is 3. The monoisotopic (exact) mass is 723 g/mol. The first kappa shape index (κ1) is 29.6. The molecule has 0 spiro atoms. The third kappa shape index (κ3) is 5.76. The van der Waals surface area contributed by atoms with Gasteiger partial charge in [0.1, 0.15) is 5.82 Å². The third-order valence-corrected chi connectivity index (χ3v) is 6.80. The fraction of sp³-hybridized carbons (Fsp3) is 0.0857. The number of nitrogens with zero attached hydrogens (tertiary/aromatic N) is 1. The van der Waals surface area contributed by atoms with Crippen molar-refractivity contribution in [3.05, 3.63) is 128 Å². The Kier molecular flexibility index (Phi) is 8.67. The SMILES string of the molecule is CC(=O)/C=C(/C)O.[CH2-]c1c(-c2c3ccc4c(F)cccc4c3cc[n+]2[CH2-])cc(-c2ccccc2)c2cc(C)oc12.[Ir]. The standard InChI is InChI=1S/C30H21FNO.C5H8O2.Ir/c1-18-16-27-26(20-8-5-4-6-9-20)17-25(19(2)30(27)33-18)29-24-13-12-23-21(10-7-11-28(23)31)22(24)14-15-32(29)3;1-4(6)3-5(2)7;/h4-17H,2-3H2,1H3;3,6H,1-2H3;/q-1;;/b;4-3-;. The third-order valence-electron chi connectivity index (χ3n) is 6.80. The minimum Gasteiger partial charge on any atom is -0.520 e.